The van der Waals surface area contributed by atoms with Gasteiger partial charge in [0.05, 0.1) is 16.3 Å². The van der Waals surface area contributed by atoms with Crippen LogP contribution >= 0.6 is 11.6 Å². The summed E-state index contributed by atoms with van der Waals surface area (Å²) in [5.41, 5.74) is -0.824. The maximum Gasteiger partial charge on any atom is 0.416 e. The lowest BCUT2D eigenvalue weighted by Gasteiger charge is -2.11. The van der Waals surface area contributed by atoms with Gasteiger partial charge in [0, 0.05) is 6.42 Å². The van der Waals surface area contributed by atoms with Gasteiger partial charge < -0.3 is 5.32 Å². The molecule has 0 saturated carbocycles. The summed E-state index contributed by atoms with van der Waals surface area (Å²) in [6.07, 6.45) is 0.807. The van der Waals surface area contributed by atoms with Gasteiger partial charge in [0.25, 0.3) is 0 Å². The Labute approximate surface area is 127 Å². The molecule has 0 fully saturated rings. The highest BCUT2D eigenvalue weighted by atomic mass is 35.5. The van der Waals surface area contributed by atoms with E-state index in [0.29, 0.717) is 0 Å². The molecule has 21 heavy (non-hydrogen) atoms. The second-order valence-electron chi connectivity index (χ2n) is 4.90. The van der Waals surface area contributed by atoms with Gasteiger partial charge in [-0.25, -0.2) is 0 Å². The molecule has 0 aliphatic carbocycles. The standard InChI is InChI=1S/C15H19ClF3NO/c1-2-3-4-5-6-7-14(21)20-13-10-11(15(17,18)19)8-9-12(13)16/h8-10H,2-7H2,1H3,(H,20,21). The molecule has 1 N–H and O–H groups in total. The third-order valence-corrected chi connectivity index (χ3v) is 3.40. The lowest BCUT2D eigenvalue weighted by atomic mass is 10.1. The van der Waals surface area contributed by atoms with Crippen LogP contribution in [-0.4, -0.2) is 5.91 Å². The van der Waals surface area contributed by atoms with Crippen molar-refractivity contribution < 1.29 is 18.0 Å². The largest absolute Gasteiger partial charge is 0.416 e. The third kappa shape index (κ3) is 6.38. The molecule has 0 unspecified atom stereocenters. The highest BCUT2D eigenvalue weighted by Crippen LogP contribution is 2.33. The van der Waals surface area contributed by atoms with Crippen molar-refractivity contribution in [1.82, 2.24) is 0 Å². The van der Waals surface area contributed by atoms with Crippen LogP contribution < -0.4 is 5.32 Å². The number of unbranched alkanes of at least 4 members (excludes halogenated alkanes) is 4. The van der Waals surface area contributed by atoms with Gasteiger partial charge in [0.1, 0.15) is 0 Å². The molecule has 0 bridgehead atoms. The molecule has 6 heteroatoms. The molecule has 0 aliphatic heterocycles. The first-order valence-corrected chi connectivity index (χ1v) is 7.39. The van der Waals surface area contributed by atoms with Crippen LogP contribution in [0.2, 0.25) is 5.02 Å². The summed E-state index contributed by atoms with van der Waals surface area (Å²) < 4.78 is 37.8. The van der Waals surface area contributed by atoms with Gasteiger partial charge in [-0.2, -0.15) is 13.2 Å². The summed E-state index contributed by atoms with van der Waals surface area (Å²) >= 11 is 5.81. The summed E-state index contributed by atoms with van der Waals surface area (Å²) in [6, 6.07) is 2.89. The predicted octanol–water partition coefficient (Wildman–Crippen LogP) is 5.66. The van der Waals surface area contributed by atoms with E-state index < -0.39 is 11.7 Å². The second-order valence-corrected chi connectivity index (χ2v) is 5.31. The Morgan fingerprint density at radius 2 is 1.86 bits per heavy atom. The fourth-order valence-corrected chi connectivity index (χ4v) is 2.06. The van der Waals surface area contributed by atoms with Crippen molar-refractivity contribution in [3.8, 4) is 0 Å². The molecular weight excluding hydrogens is 303 g/mol. The second kappa shape index (κ2) is 8.27. The van der Waals surface area contributed by atoms with E-state index in [1.807, 2.05) is 0 Å². The van der Waals surface area contributed by atoms with Crippen LogP contribution in [-0.2, 0) is 11.0 Å². The Kier molecular flexibility index (Phi) is 7.02. The quantitative estimate of drug-likeness (QED) is 0.645. The van der Waals surface area contributed by atoms with Crippen LogP contribution in [0.5, 0.6) is 0 Å². The molecule has 1 aromatic rings. The Hall–Kier alpha value is -1.23. The Bertz CT molecular complexity index is 474. The normalized spacial score (nSPS) is 11.5. The van der Waals surface area contributed by atoms with Gasteiger partial charge in [-0.15, -0.1) is 0 Å². The molecule has 118 valence electrons. The van der Waals surface area contributed by atoms with Crippen molar-refractivity contribution in [3.05, 3.63) is 28.8 Å². The van der Waals surface area contributed by atoms with Crippen LogP contribution in [0, 0.1) is 0 Å². The van der Waals surface area contributed by atoms with E-state index in [9.17, 15) is 18.0 Å². The summed E-state index contributed by atoms with van der Waals surface area (Å²) in [4.78, 5) is 11.7. The minimum atomic E-state index is -4.45. The number of amides is 1. The first-order chi connectivity index (χ1) is 9.84. The SMILES string of the molecule is CCCCCCCC(=O)Nc1cc(C(F)(F)F)ccc1Cl. The number of rotatable bonds is 7. The lowest BCUT2D eigenvalue weighted by Crippen LogP contribution is -2.13. The summed E-state index contributed by atoms with van der Waals surface area (Å²) in [6.45, 7) is 2.10. The maximum atomic E-state index is 12.6. The van der Waals surface area contributed by atoms with Gasteiger partial charge in [-0.3, -0.25) is 4.79 Å². The van der Waals surface area contributed by atoms with Gasteiger partial charge in [-0.05, 0) is 24.6 Å². The molecule has 0 spiro atoms. The number of alkyl halides is 3. The number of anilines is 1. The minimum absolute atomic E-state index is 0.00468. The maximum absolute atomic E-state index is 12.6. The average Bonchev–Trinajstić information content (AvgIpc) is 2.40. The van der Waals surface area contributed by atoms with Crippen molar-refractivity contribution in [1.29, 1.82) is 0 Å². The third-order valence-electron chi connectivity index (χ3n) is 3.08. The summed E-state index contributed by atoms with van der Waals surface area (Å²) in [5.74, 6) is -0.312. The minimum Gasteiger partial charge on any atom is -0.325 e. The van der Waals surface area contributed by atoms with E-state index >= 15 is 0 Å². The predicted molar refractivity (Wildman–Crippen MR) is 78.5 cm³/mol. The number of hydrogen-bond donors (Lipinski definition) is 1. The molecule has 0 atom stereocenters. The number of benzene rings is 1. The van der Waals surface area contributed by atoms with Crippen molar-refractivity contribution >= 4 is 23.2 Å². The van der Waals surface area contributed by atoms with Gasteiger partial charge in [-0.1, -0.05) is 44.2 Å². The van der Waals surface area contributed by atoms with E-state index in [-0.39, 0.29) is 23.0 Å². The first-order valence-electron chi connectivity index (χ1n) is 7.01. The number of carbonyl (C=O) groups is 1. The number of carbonyl (C=O) groups excluding carboxylic acids is 1. The lowest BCUT2D eigenvalue weighted by molar-refractivity contribution is -0.137. The first kappa shape index (κ1) is 17.8. The Balaban J connectivity index is 2.55. The molecule has 0 saturated heterocycles. The molecule has 0 aromatic heterocycles. The Morgan fingerprint density at radius 3 is 2.48 bits per heavy atom. The molecule has 1 aromatic carbocycles. The monoisotopic (exact) mass is 321 g/mol. The molecule has 1 rings (SSSR count). The summed E-state index contributed by atoms with van der Waals surface area (Å²) in [5, 5.41) is 2.54. The smallest absolute Gasteiger partial charge is 0.325 e. The van der Waals surface area contributed by atoms with Crippen molar-refractivity contribution in [3.63, 3.8) is 0 Å². The van der Waals surface area contributed by atoms with Gasteiger partial charge in [0.2, 0.25) is 5.91 Å². The van der Waals surface area contributed by atoms with Crippen molar-refractivity contribution in [2.45, 2.75) is 51.6 Å². The van der Waals surface area contributed by atoms with E-state index in [1.165, 1.54) is 0 Å². The van der Waals surface area contributed by atoms with Crippen LogP contribution in [0.3, 0.4) is 0 Å². The molecule has 1 amide bonds. The van der Waals surface area contributed by atoms with Gasteiger partial charge in [0.15, 0.2) is 0 Å². The van der Waals surface area contributed by atoms with Crippen LogP contribution in [0.15, 0.2) is 18.2 Å². The van der Waals surface area contributed by atoms with Gasteiger partial charge >= 0.3 is 6.18 Å². The molecular formula is C15H19ClF3NO. The van der Waals surface area contributed by atoms with E-state index in [1.54, 1.807) is 0 Å². The van der Waals surface area contributed by atoms with Crippen molar-refractivity contribution in [2.75, 3.05) is 5.32 Å². The molecule has 0 radical (unpaired) electrons. The highest BCUT2D eigenvalue weighted by molar-refractivity contribution is 6.33. The molecule has 2 nitrogen and oxygen atoms in total. The highest BCUT2D eigenvalue weighted by Gasteiger charge is 2.31. The zero-order valence-electron chi connectivity index (χ0n) is 11.9. The van der Waals surface area contributed by atoms with E-state index in [0.717, 1.165) is 50.3 Å². The van der Waals surface area contributed by atoms with Crippen LogP contribution in [0.1, 0.15) is 51.0 Å². The number of nitrogens with one attached hydrogen (secondary N) is 1. The van der Waals surface area contributed by atoms with E-state index in [2.05, 4.69) is 12.2 Å². The molecule has 0 heterocycles. The Morgan fingerprint density at radius 1 is 1.19 bits per heavy atom. The molecule has 0 aliphatic rings. The zero-order valence-corrected chi connectivity index (χ0v) is 12.7. The average molecular weight is 322 g/mol. The van der Waals surface area contributed by atoms with Crippen molar-refractivity contribution in [2.24, 2.45) is 0 Å². The fraction of sp³-hybridized carbons (Fsp3) is 0.533. The van der Waals surface area contributed by atoms with E-state index in [4.69, 9.17) is 11.6 Å². The number of hydrogen-bond acceptors (Lipinski definition) is 1. The fourth-order valence-electron chi connectivity index (χ4n) is 1.90. The summed E-state index contributed by atoms with van der Waals surface area (Å²) in [7, 11) is 0. The van der Waals surface area contributed by atoms with Crippen LogP contribution in [0.25, 0.3) is 0 Å². The topological polar surface area (TPSA) is 29.1 Å². The van der Waals surface area contributed by atoms with Crippen LogP contribution in [0.4, 0.5) is 18.9 Å². The zero-order chi connectivity index (χ0) is 15.9. The number of halogens is 4.